The molecule has 0 radical (unpaired) electrons. The first kappa shape index (κ1) is 15.0. The number of carboxylic acids is 1. The number of carbonyl (C=O) groups is 2. The lowest BCUT2D eigenvalue weighted by atomic mass is 9.85. The van der Waals surface area contributed by atoms with Gasteiger partial charge in [-0.25, -0.2) is 0 Å². The highest BCUT2D eigenvalue weighted by molar-refractivity contribution is 5.78. The number of nitrogens with zero attached hydrogens (tertiary/aromatic N) is 1. The van der Waals surface area contributed by atoms with Gasteiger partial charge in [-0.2, -0.15) is 0 Å². The molecule has 1 saturated heterocycles. The van der Waals surface area contributed by atoms with Gasteiger partial charge >= 0.3 is 5.97 Å². The predicted molar refractivity (Wildman–Crippen MR) is 67.3 cm³/mol. The van der Waals surface area contributed by atoms with Crippen LogP contribution in [0.5, 0.6) is 0 Å². The maximum atomic E-state index is 12.2. The van der Waals surface area contributed by atoms with Crippen LogP contribution in [0.1, 0.15) is 40.0 Å². The quantitative estimate of drug-likeness (QED) is 0.810. The zero-order valence-corrected chi connectivity index (χ0v) is 11.4. The van der Waals surface area contributed by atoms with Crippen LogP contribution in [0, 0.1) is 5.41 Å². The molecule has 104 valence electrons. The van der Waals surface area contributed by atoms with Gasteiger partial charge in [0.25, 0.3) is 0 Å². The van der Waals surface area contributed by atoms with Crippen molar-refractivity contribution in [2.45, 2.75) is 46.1 Å². The molecule has 1 amide bonds. The summed E-state index contributed by atoms with van der Waals surface area (Å²) in [7, 11) is 0. The van der Waals surface area contributed by atoms with Gasteiger partial charge in [0.2, 0.25) is 5.91 Å². The first-order chi connectivity index (χ1) is 8.35. The Hall–Kier alpha value is -1.10. The molecule has 0 aromatic rings. The van der Waals surface area contributed by atoms with Gasteiger partial charge in [-0.3, -0.25) is 9.59 Å². The summed E-state index contributed by atoms with van der Waals surface area (Å²) in [6, 6.07) is 0.131. The number of carbonyl (C=O) groups excluding carboxylic acids is 1. The molecule has 18 heavy (non-hydrogen) atoms. The van der Waals surface area contributed by atoms with Gasteiger partial charge in [0.05, 0.1) is 25.7 Å². The number of amides is 1. The summed E-state index contributed by atoms with van der Waals surface area (Å²) in [6.07, 6.45) is 1.15. The Bertz CT molecular complexity index is 314. The topological polar surface area (TPSA) is 66.8 Å². The molecule has 1 rings (SSSR count). The van der Waals surface area contributed by atoms with E-state index in [-0.39, 0.29) is 24.8 Å². The van der Waals surface area contributed by atoms with Crippen molar-refractivity contribution in [1.29, 1.82) is 0 Å². The maximum absolute atomic E-state index is 12.2. The molecule has 5 nitrogen and oxygen atoms in total. The third-order valence-electron chi connectivity index (χ3n) is 3.28. The SMILES string of the molecule is CC[C@@H]1COCCN1C(=O)CC(C)(C)CC(=O)O. The monoisotopic (exact) mass is 257 g/mol. The van der Waals surface area contributed by atoms with Crippen molar-refractivity contribution in [2.24, 2.45) is 5.41 Å². The van der Waals surface area contributed by atoms with Crippen molar-refractivity contribution in [3.05, 3.63) is 0 Å². The van der Waals surface area contributed by atoms with Crippen molar-refractivity contribution in [3.8, 4) is 0 Å². The predicted octanol–water partition coefficient (Wildman–Crippen LogP) is 1.51. The van der Waals surface area contributed by atoms with Crippen LogP contribution in [-0.2, 0) is 14.3 Å². The third-order valence-corrected chi connectivity index (χ3v) is 3.28. The van der Waals surface area contributed by atoms with Gasteiger partial charge in [-0.15, -0.1) is 0 Å². The van der Waals surface area contributed by atoms with E-state index >= 15 is 0 Å². The molecule has 1 heterocycles. The average Bonchev–Trinajstić information content (AvgIpc) is 2.26. The Labute approximate surface area is 108 Å². The number of hydrogen-bond donors (Lipinski definition) is 1. The summed E-state index contributed by atoms with van der Waals surface area (Å²) in [6.45, 7) is 7.44. The van der Waals surface area contributed by atoms with E-state index in [1.807, 2.05) is 25.7 Å². The number of ether oxygens (including phenoxy) is 1. The fourth-order valence-corrected chi connectivity index (χ4v) is 2.30. The minimum Gasteiger partial charge on any atom is -0.481 e. The Balaban J connectivity index is 2.60. The lowest BCUT2D eigenvalue weighted by Gasteiger charge is -2.37. The fraction of sp³-hybridized carbons (Fsp3) is 0.846. The Morgan fingerprint density at radius 3 is 2.61 bits per heavy atom. The van der Waals surface area contributed by atoms with Crippen molar-refractivity contribution >= 4 is 11.9 Å². The summed E-state index contributed by atoms with van der Waals surface area (Å²) in [5.41, 5.74) is -0.500. The van der Waals surface area contributed by atoms with Crippen molar-refractivity contribution in [1.82, 2.24) is 4.90 Å². The molecule has 1 fully saturated rings. The zero-order valence-electron chi connectivity index (χ0n) is 11.4. The second-order valence-corrected chi connectivity index (χ2v) is 5.64. The number of morpholine rings is 1. The molecule has 0 aromatic heterocycles. The van der Waals surface area contributed by atoms with E-state index in [4.69, 9.17) is 9.84 Å². The van der Waals surface area contributed by atoms with Gasteiger partial charge < -0.3 is 14.7 Å². The number of aliphatic carboxylic acids is 1. The number of hydrogen-bond acceptors (Lipinski definition) is 3. The van der Waals surface area contributed by atoms with Crippen molar-refractivity contribution < 1.29 is 19.4 Å². The molecule has 0 saturated carbocycles. The highest BCUT2D eigenvalue weighted by Gasteiger charge is 2.31. The van der Waals surface area contributed by atoms with Gasteiger partial charge in [0, 0.05) is 13.0 Å². The summed E-state index contributed by atoms with van der Waals surface area (Å²) in [5.74, 6) is -0.821. The van der Waals surface area contributed by atoms with Crippen LogP contribution in [0.15, 0.2) is 0 Å². The summed E-state index contributed by atoms with van der Waals surface area (Å²) < 4.78 is 5.36. The van der Waals surface area contributed by atoms with Crippen molar-refractivity contribution in [3.63, 3.8) is 0 Å². The summed E-state index contributed by atoms with van der Waals surface area (Å²) in [5, 5.41) is 8.83. The van der Waals surface area contributed by atoms with Crippen LogP contribution >= 0.6 is 0 Å². The van der Waals surface area contributed by atoms with Crippen LogP contribution in [0.2, 0.25) is 0 Å². The Kier molecular flexibility index (Phi) is 5.14. The molecule has 1 aliphatic rings. The molecule has 1 N–H and O–H groups in total. The molecule has 0 aliphatic carbocycles. The molecule has 5 heteroatoms. The number of rotatable bonds is 5. The van der Waals surface area contributed by atoms with Gasteiger partial charge in [-0.05, 0) is 11.8 Å². The molecule has 0 unspecified atom stereocenters. The zero-order chi connectivity index (χ0) is 13.8. The van der Waals surface area contributed by atoms with E-state index in [2.05, 4.69) is 0 Å². The smallest absolute Gasteiger partial charge is 0.303 e. The molecule has 0 spiro atoms. The molecular formula is C13H23NO4. The lowest BCUT2D eigenvalue weighted by Crippen LogP contribution is -2.49. The third kappa shape index (κ3) is 4.29. The molecule has 1 atom stereocenters. The highest BCUT2D eigenvalue weighted by Crippen LogP contribution is 2.27. The standard InChI is InChI=1S/C13H23NO4/c1-4-10-9-18-6-5-14(10)11(15)7-13(2,3)8-12(16)17/h10H,4-9H2,1-3H3,(H,16,17)/t10-/m1/s1. The Morgan fingerprint density at radius 1 is 1.39 bits per heavy atom. The fourth-order valence-electron chi connectivity index (χ4n) is 2.30. The first-order valence-electron chi connectivity index (χ1n) is 6.45. The van der Waals surface area contributed by atoms with E-state index in [0.717, 1.165) is 6.42 Å². The second-order valence-electron chi connectivity index (χ2n) is 5.64. The molecular weight excluding hydrogens is 234 g/mol. The van der Waals surface area contributed by atoms with Crippen LogP contribution in [0.4, 0.5) is 0 Å². The van der Waals surface area contributed by atoms with Crippen molar-refractivity contribution in [2.75, 3.05) is 19.8 Å². The van der Waals surface area contributed by atoms with Crippen LogP contribution in [-0.4, -0.2) is 47.7 Å². The van der Waals surface area contributed by atoms with E-state index in [1.165, 1.54) is 0 Å². The van der Waals surface area contributed by atoms with Gasteiger partial charge in [0.15, 0.2) is 0 Å². The largest absolute Gasteiger partial charge is 0.481 e. The minimum atomic E-state index is -0.859. The Morgan fingerprint density at radius 2 is 2.06 bits per heavy atom. The van der Waals surface area contributed by atoms with Crippen LogP contribution in [0.25, 0.3) is 0 Å². The molecule has 0 aromatic carbocycles. The lowest BCUT2D eigenvalue weighted by molar-refractivity contribution is -0.144. The van der Waals surface area contributed by atoms with Crippen LogP contribution in [0.3, 0.4) is 0 Å². The molecule has 1 aliphatic heterocycles. The van der Waals surface area contributed by atoms with Gasteiger partial charge in [-0.1, -0.05) is 20.8 Å². The second kappa shape index (κ2) is 6.18. The summed E-state index contributed by atoms with van der Waals surface area (Å²) in [4.78, 5) is 24.8. The maximum Gasteiger partial charge on any atom is 0.303 e. The summed E-state index contributed by atoms with van der Waals surface area (Å²) >= 11 is 0. The first-order valence-corrected chi connectivity index (χ1v) is 6.45. The number of carboxylic acid groups (broad SMARTS) is 1. The average molecular weight is 257 g/mol. The van der Waals surface area contributed by atoms with Crippen LogP contribution < -0.4 is 0 Å². The van der Waals surface area contributed by atoms with E-state index < -0.39 is 11.4 Å². The highest BCUT2D eigenvalue weighted by atomic mass is 16.5. The minimum absolute atomic E-state index is 0.0138. The molecule has 0 bridgehead atoms. The van der Waals surface area contributed by atoms with E-state index in [0.29, 0.717) is 19.8 Å². The normalized spacial score (nSPS) is 20.8. The van der Waals surface area contributed by atoms with E-state index in [1.54, 1.807) is 0 Å². The van der Waals surface area contributed by atoms with E-state index in [9.17, 15) is 9.59 Å². The van der Waals surface area contributed by atoms with Gasteiger partial charge in [0.1, 0.15) is 0 Å².